The molecule has 0 saturated heterocycles. The van der Waals surface area contributed by atoms with Crippen molar-refractivity contribution in [1.82, 2.24) is 5.32 Å². The van der Waals surface area contributed by atoms with Crippen LogP contribution in [0.15, 0.2) is 36.4 Å². The van der Waals surface area contributed by atoms with Crippen molar-refractivity contribution in [2.75, 3.05) is 12.0 Å². The van der Waals surface area contributed by atoms with Gasteiger partial charge in [0.25, 0.3) is 0 Å². The summed E-state index contributed by atoms with van der Waals surface area (Å²) in [6, 6.07) is 10.2. The van der Waals surface area contributed by atoms with Crippen LogP contribution in [-0.2, 0) is 0 Å². The van der Waals surface area contributed by atoms with Gasteiger partial charge in [0.15, 0.2) is 6.73 Å². The first kappa shape index (κ1) is 16.5. The minimum absolute atomic E-state index is 0.0599. The Morgan fingerprint density at radius 2 is 1.82 bits per heavy atom. The van der Waals surface area contributed by atoms with Crippen LogP contribution in [0, 0.1) is 13.8 Å². The van der Waals surface area contributed by atoms with Crippen molar-refractivity contribution >= 4 is 34.9 Å². The van der Waals surface area contributed by atoms with E-state index < -0.39 is 6.03 Å². The molecule has 2 aromatic carbocycles. The standard InChI is InChI=1S/C16H16Cl2N2O2/c1-10-4-3-5-15(11(10)2)22-9-19-16(21)20-14-7-12(17)6-13(18)8-14/h3-8H,9H2,1-2H3,(H2,19,20,21). The van der Waals surface area contributed by atoms with Gasteiger partial charge in [-0.15, -0.1) is 0 Å². The number of benzene rings is 2. The summed E-state index contributed by atoms with van der Waals surface area (Å²) < 4.78 is 5.55. The Morgan fingerprint density at radius 1 is 1.14 bits per heavy atom. The Labute approximate surface area is 139 Å². The predicted molar refractivity (Wildman–Crippen MR) is 90.0 cm³/mol. The van der Waals surface area contributed by atoms with Crippen LogP contribution in [0.3, 0.4) is 0 Å². The van der Waals surface area contributed by atoms with Gasteiger partial charge in [-0.1, -0.05) is 35.3 Å². The van der Waals surface area contributed by atoms with E-state index in [-0.39, 0.29) is 6.73 Å². The number of hydrogen-bond donors (Lipinski definition) is 2. The zero-order chi connectivity index (χ0) is 16.1. The number of hydrogen-bond acceptors (Lipinski definition) is 2. The second-order valence-electron chi connectivity index (χ2n) is 4.78. The summed E-state index contributed by atoms with van der Waals surface area (Å²) in [6.07, 6.45) is 0. The van der Waals surface area contributed by atoms with Crippen molar-refractivity contribution in [3.63, 3.8) is 0 Å². The largest absolute Gasteiger partial charge is 0.473 e. The molecule has 2 N–H and O–H groups in total. The SMILES string of the molecule is Cc1cccc(OCNC(=O)Nc2cc(Cl)cc(Cl)c2)c1C. The molecule has 116 valence electrons. The van der Waals surface area contributed by atoms with Crippen LogP contribution in [0.2, 0.25) is 10.0 Å². The van der Waals surface area contributed by atoms with Crippen molar-refractivity contribution in [3.8, 4) is 5.75 Å². The van der Waals surface area contributed by atoms with E-state index in [9.17, 15) is 4.79 Å². The lowest BCUT2D eigenvalue weighted by atomic mass is 10.1. The second-order valence-corrected chi connectivity index (χ2v) is 5.65. The molecule has 0 radical (unpaired) electrons. The number of aryl methyl sites for hydroxylation is 1. The monoisotopic (exact) mass is 338 g/mol. The number of anilines is 1. The van der Waals surface area contributed by atoms with Crippen molar-refractivity contribution in [2.45, 2.75) is 13.8 Å². The van der Waals surface area contributed by atoms with Gasteiger partial charge >= 0.3 is 6.03 Å². The first-order valence-electron chi connectivity index (χ1n) is 6.65. The van der Waals surface area contributed by atoms with E-state index in [1.807, 2.05) is 32.0 Å². The number of amides is 2. The summed E-state index contributed by atoms with van der Waals surface area (Å²) in [5.41, 5.74) is 2.70. The summed E-state index contributed by atoms with van der Waals surface area (Å²) in [5.74, 6) is 0.742. The number of rotatable bonds is 4. The molecule has 2 aromatic rings. The van der Waals surface area contributed by atoms with E-state index in [1.165, 1.54) is 0 Å². The molecule has 0 aliphatic carbocycles. The van der Waals surface area contributed by atoms with E-state index in [0.717, 1.165) is 16.9 Å². The van der Waals surface area contributed by atoms with Crippen LogP contribution in [0.1, 0.15) is 11.1 Å². The molecular formula is C16H16Cl2N2O2. The van der Waals surface area contributed by atoms with Crippen LogP contribution < -0.4 is 15.4 Å². The van der Waals surface area contributed by atoms with Gasteiger partial charge in [0.1, 0.15) is 5.75 Å². The highest BCUT2D eigenvalue weighted by Crippen LogP contribution is 2.22. The Bertz CT molecular complexity index is 670. The number of ether oxygens (including phenoxy) is 1. The molecule has 0 saturated carbocycles. The lowest BCUT2D eigenvalue weighted by Gasteiger charge is -2.12. The zero-order valence-electron chi connectivity index (χ0n) is 12.2. The first-order valence-corrected chi connectivity index (χ1v) is 7.41. The minimum Gasteiger partial charge on any atom is -0.473 e. The molecular weight excluding hydrogens is 323 g/mol. The number of carbonyl (C=O) groups excluding carboxylic acids is 1. The highest BCUT2D eigenvalue weighted by molar-refractivity contribution is 6.35. The molecule has 0 fully saturated rings. The smallest absolute Gasteiger partial charge is 0.321 e. The van der Waals surface area contributed by atoms with Gasteiger partial charge in [-0.2, -0.15) is 0 Å². The number of urea groups is 1. The third-order valence-electron chi connectivity index (χ3n) is 3.14. The van der Waals surface area contributed by atoms with Crippen molar-refractivity contribution in [1.29, 1.82) is 0 Å². The van der Waals surface area contributed by atoms with Gasteiger partial charge in [-0.25, -0.2) is 4.79 Å². The van der Waals surface area contributed by atoms with E-state index in [0.29, 0.717) is 15.7 Å². The molecule has 0 aliphatic heterocycles. The highest BCUT2D eigenvalue weighted by Gasteiger charge is 2.05. The number of nitrogens with one attached hydrogen (secondary N) is 2. The number of carbonyl (C=O) groups is 1. The Balaban J connectivity index is 1.86. The predicted octanol–water partition coefficient (Wildman–Crippen LogP) is 4.77. The Morgan fingerprint density at radius 3 is 2.50 bits per heavy atom. The maximum atomic E-state index is 11.8. The lowest BCUT2D eigenvalue weighted by Crippen LogP contribution is -2.32. The third kappa shape index (κ3) is 4.55. The summed E-state index contributed by atoms with van der Waals surface area (Å²) in [4.78, 5) is 11.8. The van der Waals surface area contributed by atoms with Gasteiger partial charge in [-0.3, -0.25) is 0 Å². The van der Waals surface area contributed by atoms with Gasteiger partial charge in [0, 0.05) is 15.7 Å². The molecule has 0 aliphatic rings. The van der Waals surface area contributed by atoms with Crippen LogP contribution in [-0.4, -0.2) is 12.8 Å². The fraction of sp³-hybridized carbons (Fsp3) is 0.188. The van der Waals surface area contributed by atoms with Gasteiger partial charge in [0.05, 0.1) is 0 Å². The topological polar surface area (TPSA) is 50.4 Å². The Hall–Kier alpha value is -1.91. The van der Waals surface area contributed by atoms with Crippen LogP contribution in [0.5, 0.6) is 5.75 Å². The van der Waals surface area contributed by atoms with E-state index in [2.05, 4.69) is 10.6 Å². The van der Waals surface area contributed by atoms with Gasteiger partial charge in [0.2, 0.25) is 0 Å². The van der Waals surface area contributed by atoms with Crippen molar-refractivity contribution in [2.24, 2.45) is 0 Å². The quantitative estimate of drug-likeness (QED) is 0.789. The third-order valence-corrected chi connectivity index (χ3v) is 3.57. The molecule has 0 atom stereocenters. The zero-order valence-corrected chi connectivity index (χ0v) is 13.8. The maximum Gasteiger partial charge on any atom is 0.321 e. The Kier molecular flexibility index (Phi) is 5.52. The average molecular weight is 339 g/mol. The van der Waals surface area contributed by atoms with E-state index >= 15 is 0 Å². The van der Waals surface area contributed by atoms with Crippen molar-refractivity contribution in [3.05, 3.63) is 57.6 Å². The van der Waals surface area contributed by atoms with Gasteiger partial charge in [-0.05, 0) is 49.2 Å². The molecule has 0 unspecified atom stereocenters. The number of halogens is 2. The summed E-state index contributed by atoms with van der Waals surface area (Å²) in [5, 5.41) is 6.15. The van der Waals surface area contributed by atoms with Gasteiger partial charge < -0.3 is 15.4 Å². The van der Waals surface area contributed by atoms with Crippen molar-refractivity contribution < 1.29 is 9.53 Å². The maximum absolute atomic E-state index is 11.8. The highest BCUT2D eigenvalue weighted by atomic mass is 35.5. The second kappa shape index (κ2) is 7.38. The summed E-state index contributed by atoms with van der Waals surface area (Å²) in [6.45, 7) is 4.04. The van der Waals surface area contributed by atoms with E-state index in [1.54, 1.807) is 18.2 Å². The minimum atomic E-state index is -0.399. The fourth-order valence-corrected chi connectivity index (χ4v) is 2.39. The average Bonchev–Trinajstić information content (AvgIpc) is 2.42. The first-order chi connectivity index (χ1) is 10.5. The normalized spacial score (nSPS) is 10.2. The van der Waals surface area contributed by atoms with E-state index in [4.69, 9.17) is 27.9 Å². The molecule has 6 heteroatoms. The molecule has 2 rings (SSSR count). The van der Waals surface area contributed by atoms with Crippen LogP contribution in [0.4, 0.5) is 10.5 Å². The fourth-order valence-electron chi connectivity index (χ4n) is 1.86. The molecule has 22 heavy (non-hydrogen) atoms. The summed E-state index contributed by atoms with van der Waals surface area (Å²) >= 11 is 11.7. The molecule has 0 spiro atoms. The van der Waals surface area contributed by atoms with Crippen LogP contribution >= 0.6 is 23.2 Å². The molecule has 2 amide bonds. The van der Waals surface area contributed by atoms with Crippen LogP contribution in [0.25, 0.3) is 0 Å². The summed E-state index contributed by atoms with van der Waals surface area (Å²) in [7, 11) is 0. The molecule has 4 nitrogen and oxygen atoms in total. The molecule has 0 bridgehead atoms. The molecule has 0 heterocycles. The lowest BCUT2D eigenvalue weighted by molar-refractivity contribution is 0.234. The molecule has 0 aromatic heterocycles.